The van der Waals surface area contributed by atoms with Gasteiger partial charge in [-0.3, -0.25) is 0 Å². The van der Waals surface area contributed by atoms with E-state index < -0.39 is 0 Å². The van der Waals surface area contributed by atoms with Gasteiger partial charge in [0.15, 0.2) is 0 Å². The number of anilines is 1. The Bertz CT molecular complexity index is 1020. The molecule has 0 aliphatic heterocycles. The van der Waals surface area contributed by atoms with E-state index in [0.717, 1.165) is 24.9 Å². The van der Waals surface area contributed by atoms with Gasteiger partial charge in [0.1, 0.15) is 0 Å². The zero-order valence-electron chi connectivity index (χ0n) is 16.0. The second kappa shape index (κ2) is 8.58. The van der Waals surface area contributed by atoms with Crippen LogP contribution in [0.25, 0.3) is 0 Å². The summed E-state index contributed by atoms with van der Waals surface area (Å²) in [6.07, 6.45) is 2.68. The molecule has 4 rings (SSSR count). The molecule has 1 nitrogen and oxygen atoms in total. The number of hydrogen-bond donors (Lipinski definition) is 1. The Hall–Kier alpha value is -3.32. The van der Waals surface area contributed by atoms with Crippen LogP contribution >= 0.6 is 0 Å². The van der Waals surface area contributed by atoms with E-state index >= 15 is 0 Å². The van der Waals surface area contributed by atoms with E-state index in [1.165, 1.54) is 33.4 Å². The van der Waals surface area contributed by atoms with E-state index in [-0.39, 0.29) is 0 Å². The summed E-state index contributed by atoms with van der Waals surface area (Å²) in [6.45, 7) is 0. The summed E-state index contributed by atoms with van der Waals surface area (Å²) >= 11 is 0. The van der Waals surface area contributed by atoms with Crippen LogP contribution in [0.2, 0.25) is 0 Å². The van der Waals surface area contributed by atoms with Crippen LogP contribution in [-0.2, 0) is 19.3 Å². The molecule has 0 aliphatic rings. The minimum atomic E-state index is 0.859. The first-order chi connectivity index (χ1) is 13.8. The van der Waals surface area contributed by atoms with Crippen molar-refractivity contribution < 1.29 is 0 Å². The van der Waals surface area contributed by atoms with E-state index in [2.05, 4.69) is 103 Å². The molecule has 0 atom stereocenters. The van der Waals surface area contributed by atoms with E-state index in [0.29, 0.717) is 0 Å². The molecule has 4 aromatic carbocycles. The van der Waals surface area contributed by atoms with E-state index in [9.17, 15) is 0 Å². The molecular weight excluding hydrogens is 338 g/mol. The van der Waals surface area contributed by atoms with Crippen molar-refractivity contribution in [3.63, 3.8) is 0 Å². The quantitative estimate of drug-likeness (QED) is 0.415. The maximum atomic E-state index is 6.49. The topological polar surface area (TPSA) is 26.0 Å². The van der Waals surface area contributed by atoms with Crippen LogP contribution < -0.4 is 5.73 Å². The summed E-state index contributed by atoms with van der Waals surface area (Å²) in [7, 11) is 0. The van der Waals surface area contributed by atoms with E-state index in [1.54, 1.807) is 0 Å². The fourth-order valence-corrected chi connectivity index (χ4v) is 3.77. The van der Waals surface area contributed by atoms with Gasteiger partial charge in [-0.05, 0) is 58.7 Å². The zero-order valence-corrected chi connectivity index (χ0v) is 16.0. The molecule has 0 aromatic heterocycles. The second-order valence-electron chi connectivity index (χ2n) is 7.26. The molecule has 0 aliphatic carbocycles. The molecule has 0 radical (unpaired) electrons. The molecule has 0 unspecified atom stereocenters. The number of nitrogen functional groups attached to an aromatic ring is 1. The molecular formula is C27H25N. The van der Waals surface area contributed by atoms with Crippen LogP contribution in [0.5, 0.6) is 0 Å². The maximum Gasteiger partial charge on any atom is 0.0353 e. The Morgan fingerprint density at radius 2 is 0.857 bits per heavy atom. The van der Waals surface area contributed by atoms with E-state index in [1.807, 2.05) is 0 Å². The summed E-state index contributed by atoms with van der Waals surface area (Å²) in [5.41, 5.74) is 15.3. The molecule has 0 bridgehead atoms. The molecule has 138 valence electrons. The van der Waals surface area contributed by atoms with Crippen molar-refractivity contribution in [2.75, 3.05) is 5.73 Å². The Morgan fingerprint density at radius 3 is 1.36 bits per heavy atom. The van der Waals surface area contributed by atoms with Crippen LogP contribution in [-0.4, -0.2) is 0 Å². The normalized spacial score (nSPS) is 10.7. The Balaban J connectivity index is 1.77. The lowest BCUT2D eigenvalue weighted by atomic mass is 9.88. The number of rotatable bonds is 6. The van der Waals surface area contributed by atoms with Gasteiger partial charge < -0.3 is 5.73 Å². The molecule has 0 saturated carbocycles. The minimum Gasteiger partial charge on any atom is -0.398 e. The Labute approximate surface area is 167 Å². The summed E-state index contributed by atoms with van der Waals surface area (Å²) in [4.78, 5) is 0. The van der Waals surface area contributed by atoms with Crippen molar-refractivity contribution >= 4 is 5.69 Å². The highest BCUT2D eigenvalue weighted by Crippen LogP contribution is 2.28. The van der Waals surface area contributed by atoms with Crippen LogP contribution in [0.4, 0.5) is 5.69 Å². The van der Waals surface area contributed by atoms with Crippen molar-refractivity contribution in [2.24, 2.45) is 0 Å². The molecule has 0 fully saturated rings. The maximum absolute atomic E-state index is 6.49. The van der Waals surface area contributed by atoms with Crippen molar-refractivity contribution in [1.29, 1.82) is 0 Å². The summed E-state index contributed by atoms with van der Waals surface area (Å²) in [5, 5.41) is 0. The lowest BCUT2D eigenvalue weighted by Crippen LogP contribution is -2.07. The van der Waals surface area contributed by atoms with Crippen molar-refractivity contribution in [2.45, 2.75) is 19.3 Å². The van der Waals surface area contributed by atoms with Crippen molar-refractivity contribution in [1.82, 2.24) is 0 Å². The largest absolute Gasteiger partial charge is 0.398 e. The second-order valence-corrected chi connectivity index (χ2v) is 7.26. The van der Waals surface area contributed by atoms with Crippen LogP contribution in [0.15, 0.2) is 103 Å². The molecule has 2 N–H and O–H groups in total. The molecule has 4 aromatic rings. The van der Waals surface area contributed by atoms with Gasteiger partial charge in [-0.25, -0.2) is 0 Å². The third-order valence-electron chi connectivity index (χ3n) is 5.25. The van der Waals surface area contributed by atoms with Gasteiger partial charge in [0, 0.05) is 5.69 Å². The first kappa shape index (κ1) is 18.1. The Kier molecular flexibility index (Phi) is 5.53. The highest BCUT2D eigenvalue weighted by Gasteiger charge is 2.14. The van der Waals surface area contributed by atoms with Gasteiger partial charge >= 0.3 is 0 Å². The highest BCUT2D eigenvalue weighted by atomic mass is 14.6. The summed E-state index contributed by atoms with van der Waals surface area (Å²) in [5.74, 6) is 0. The fourth-order valence-electron chi connectivity index (χ4n) is 3.77. The predicted octanol–water partition coefficient (Wildman–Crippen LogP) is 6.04. The third-order valence-corrected chi connectivity index (χ3v) is 5.25. The van der Waals surface area contributed by atoms with Gasteiger partial charge in [0.05, 0.1) is 0 Å². The standard InChI is InChI=1S/C27H25N/c28-27-17-16-24(18-21-10-4-1-5-11-21)25(19-22-12-6-2-7-13-22)26(27)20-23-14-8-3-9-15-23/h1-17H,18-20,28H2. The number of benzene rings is 4. The van der Waals surface area contributed by atoms with Gasteiger partial charge in [0.25, 0.3) is 0 Å². The average molecular weight is 364 g/mol. The molecule has 0 spiro atoms. The molecule has 0 saturated heterocycles. The van der Waals surface area contributed by atoms with E-state index in [4.69, 9.17) is 5.73 Å². The molecule has 0 heterocycles. The van der Waals surface area contributed by atoms with Crippen molar-refractivity contribution in [3.8, 4) is 0 Å². The molecule has 0 amide bonds. The average Bonchev–Trinajstić information content (AvgIpc) is 2.75. The summed E-state index contributed by atoms with van der Waals surface area (Å²) < 4.78 is 0. The molecule has 1 heteroatoms. The van der Waals surface area contributed by atoms with Gasteiger partial charge in [-0.15, -0.1) is 0 Å². The smallest absolute Gasteiger partial charge is 0.0353 e. The van der Waals surface area contributed by atoms with Gasteiger partial charge in [-0.2, -0.15) is 0 Å². The first-order valence-corrected chi connectivity index (χ1v) is 9.80. The summed E-state index contributed by atoms with van der Waals surface area (Å²) in [6, 6.07) is 36.2. The number of nitrogens with two attached hydrogens (primary N) is 1. The number of hydrogen-bond acceptors (Lipinski definition) is 1. The fraction of sp³-hybridized carbons (Fsp3) is 0.111. The SMILES string of the molecule is Nc1ccc(Cc2ccccc2)c(Cc2ccccc2)c1Cc1ccccc1. The van der Waals surface area contributed by atoms with Gasteiger partial charge in [0.2, 0.25) is 0 Å². The minimum absolute atomic E-state index is 0.859. The van der Waals surface area contributed by atoms with Crippen LogP contribution in [0.1, 0.15) is 33.4 Å². The first-order valence-electron chi connectivity index (χ1n) is 9.80. The lowest BCUT2D eigenvalue weighted by molar-refractivity contribution is 1.04. The van der Waals surface area contributed by atoms with Crippen LogP contribution in [0, 0.1) is 0 Å². The highest BCUT2D eigenvalue weighted by molar-refractivity contribution is 5.57. The third kappa shape index (κ3) is 4.32. The van der Waals surface area contributed by atoms with Crippen LogP contribution in [0.3, 0.4) is 0 Å². The zero-order chi connectivity index (χ0) is 19.2. The predicted molar refractivity (Wildman–Crippen MR) is 119 cm³/mol. The monoisotopic (exact) mass is 363 g/mol. The lowest BCUT2D eigenvalue weighted by Gasteiger charge is -2.18. The molecule has 28 heavy (non-hydrogen) atoms. The van der Waals surface area contributed by atoms with Crippen molar-refractivity contribution in [3.05, 3.63) is 137 Å². The Morgan fingerprint density at radius 1 is 0.429 bits per heavy atom. The van der Waals surface area contributed by atoms with Gasteiger partial charge in [-0.1, -0.05) is 97.1 Å².